The van der Waals surface area contributed by atoms with Crippen LogP contribution >= 0.6 is 27.5 Å². The van der Waals surface area contributed by atoms with Gasteiger partial charge in [-0.2, -0.15) is 0 Å². The largest absolute Gasteiger partial charge is 0.287 e. The standard InChI is InChI=1S/C8H7BrClNO2/c1-4-3-6(9)8(11(12)13)5(2)7(4)10/h3H,1-2H3. The van der Waals surface area contributed by atoms with E-state index >= 15 is 0 Å². The van der Waals surface area contributed by atoms with Gasteiger partial charge in [-0.25, -0.2) is 0 Å². The fourth-order valence-corrected chi connectivity index (χ4v) is 2.05. The van der Waals surface area contributed by atoms with Crippen molar-refractivity contribution >= 4 is 33.2 Å². The van der Waals surface area contributed by atoms with Crippen LogP contribution in [-0.2, 0) is 0 Å². The Bertz CT molecular complexity index is 379. The van der Waals surface area contributed by atoms with E-state index in [4.69, 9.17) is 11.6 Å². The van der Waals surface area contributed by atoms with E-state index < -0.39 is 4.92 Å². The minimum Gasteiger partial charge on any atom is -0.258 e. The van der Waals surface area contributed by atoms with Crippen molar-refractivity contribution in [3.63, 3.8) is 0 Å². The van der Waals surface area contributed by atoms with Crippen molar-refractivity contribution in [2.45, 2.75) is 13.8 Å². The first-order valence-electron chi connectivity index (χ1n) is 3.54. The second-order valence-electron chi connectivity index (χ2n) is 2.72. The van der Waals surface area contributed by atoms with Crippen molar-refractivity contribution in [1.82, 2.24) is 0 Å². The second kappa shape index (κ2) is 3.64. The van der Waals surface area contributed by atoms with Crippen LogP contribution < -0.4 is 0 Å². The lowest BCUT2D eigenvalue weighted by molar-refractivity contribution is -0.386. The number of nitro benzene ring substituents is 1. The lowest BCUT2D eigenvalue weighted by atomic mass is 10.1. The summed E-state index contributed by atoms with van der Waals surface area (Å²) < 4.78 is 0.469. The molecule has 0 aliphatic heterocycles. The smallest absolute Gasteiger partial charge is 0.258 e. The third kappa shape index (κ3) is 1.84. The summed E-state index contributed by atoms with van der Waals surface area (Å²) in [7, 11) is 0. The highest BCUT2D eigenvalue weighted by molar-refractivity contribution is 9.10. The van der Waals surface area contributed by atoms with Crippen LogP contribution in [0.1, 0.15) is 11.1 Å². The lowest BCUT2D eigenvalue weighted by Gasteiger charge is -2.04. The van der Waals surface area contributed by atoms with Gasteiger partial charge in [-0.05, 0) is 41.4 Å². The Morgan fingerprint density at radius 2 is 2.08 bits per heavy atom. The highest BCUT2D eigenvalue weighted by atomic mass is 79.9. The number of halogens is 2. The molecule has 3 nitrogen and oxygen atoms in total. The minimum atomic E-state index is -0.440. The number of aryl methyl sites for hydroxylation is 1. The molecule has 0 amide bonds. The van der Waals surface area contributed by atoms with Gasteiger partial charge in [-0.3, -0.25) is 10.1 Å². The third-order valence-corrected chi connectivity index (χ3v) is 2.97. The van der Waals surface area contributed by atoms with E-state index in [1.54, 1.807) is 13.0 Å². The van der Waals surface area contributed by atoms with Crippen LogP contribution in [0.2, 0.25) is 5.02 Å². The van der Waals surface area contributed by atoms with Gasteiger partial charge >= 0.3 is 0 Å². The molecule has 0 unspecified atom stereocenters. The number of benzene rings is 1. The van der Waals surface area contributed by atoms with E-state index in [1.165, 1.54) is 0 Å². The van der Waals surface area contributed by atoms with E-state index in [0.717, 1.165) is 5.56 Å². The van der Waals surface area contributed by atoms with Gasteiger partial charge in [0.25, 0.3) is 5.69 Å². The number of hydrogen-bond acceptors (Lipinski definition) is 2. The first-order chi connectivity index (χ1) is 5.95. The summed E-state index contributed by atoms with van der Waals surface area (Å²) in [5.41, 5.74) is 1.37. The van der Waals surface area contributed by atoms with Crippen LogP contribution in [0.25, 0.3) is 0 Å². The van der Waals surface area contributed by atoms with Crippen LogP contribution in [0.5, 0.6) is 0 Å². The summed E-state index contributed by atoms with van der Waals surface area (Å²) in [4.78, 5) is 10.2. The number of nitrogens with zero attached hydrogens (tertiary/aromatic N) is 1. The van der Waals surface area contributed by atoms with Crippen molar-refractivity contribution in [3.8, 4) is 0 Å². The summed E-state index contributed by atoms with van der Waals surface area (Å²) in [5.74, 6) is 0. The molecule has 0 fully saturated rings. The number of rotatable bonds is 1. The molecule has 0 spiro atoms. The molecule has 0 aliphatic rings. The minimum absolute atomic E-state index is 0.0376. The van der Waals surface area contributed by atoms with Crippen LogP contribution in [0.15, 0.2) is 10.5 Å². The molecule has 0 aromatic heterocycles. The molecule has 1 aromatic rings. The maximum absolute atomic E-state index is 10.6. The van der Waals surface area contributed by atoms with Crippen molar-refractivity contribution < 1.29 is 4.92 Å². The maximum Gasteiger partial charge on any atom is 0.287 e. The number of nitro groups is 1. The van der Waals surface area contributed by atoms with E-state index in [1.807, 2.05) is 6.92 Å². The van der Waals surface area contributed by atoms with Gasteiger partial charge in [0.1, 0.15) is 0 Å². The van der Waals surface area contributed by atoms with Gasteiger partial charge in [0.2, 0.25) is 0 Å². The molecule has 0 radical (unpaired) electrons. The van der Waals surface area contributed by atoms with Crippen LogP contribution in [-0.4, -0.2) is 4.92 Å². The van der Waals surface area contributed by atoms with Crippen molar-refractivity contribution in [3.05, 3.63) is 36.8 Å². The zero-order chi connectivity index (χ0) is 10.2. The first kappa shape index (κ1) is 10.5. The van der Waals surface area contributed by atoms with Gasteiger partial charge in [0.05, 0.1) is 14.4 Å². The molecule has 0 saturated heterocycles. The predicted octanol–water partition coefficient (Wildman–Crippen LogP) is 3.63. The average molecular weight is 265 g/mol. The van der Waals surface area contributed by atoms with Crippen LogP contribution in [0, 0.1) is 24.0 Å². The van der Waals surface area contributed by atoms with Crippen molar-refractivity contribution in [2.24, 2.45) is 0 Å². The van der Waals surface area contributed by atoms with Crippen molar-refractivity contribution in [1.29, 1.82) is 0 Å². The quantitative estimate of drug-likeness (QED) is 0.574. The summed E-state index contributed by atoms with van der Waals surface area (Å²) in [5, 5.41) is 11.1. The van der Waals surface area contributed by atoms with Gasteiger partial charge in [0, 0.05) is 5.56 Å². The molecule has 70 valence electrons. The lowest BCUT2D eigenvalue weighted by Crippen LogP contribution is -1.95. The Morgan fingerprint density at radius 1 is 1.54 bits per heavy atom. The summed E-state index contributed by atoms with van der Waals surface area (Å²) in [6.45, 7) is 3.45. The molecule has 1 aromatic carbocycles. The van der Waals surface area contributed by atoms with E-state index in [2.05, 4.69) is 15.9 Å². The van der Waals surface area contributed by atoms with Crippen molar-refractivity contribution in [2.75, 3.05) is 0 Å². The predicted molar refractivity (Wildman–Crippen MR) is 55.3 cm³/mol. The Hall–Kier alpha value is -0.610. The average Bonchev–Trinajstić information content (AvgIpc) is 1.99. The summed E-state index contributed by atoms with van der Waals surface area (Å²) in [6.07, 6.45) is 0. The SMILES string of the molecule is Cc1cc(Br)c([N+](=O)[O-])c(C)c1Cl. The Kier molecular flexibility index (Phi) is 2.93. The highest BCUT2D eigenvalue weighted by Gasteiger charge is 2.19. The van der Waals surface area contributed by atoms with Gasteiger partial charge in [-0.15, -0.1) is 0 Å². The molecule has 13 heavy (non-hydrogen) atoms. The Balaban J connectivity index is 3.53. The van der Waals surface area contributed by atoms with Crippen LogP contribution in [0.3, 0.4) is 0 Å². The topological polar surface area (TPSA) is 43.1 Å². The normalized spacial score (nSPS) is 10.2. The molecular formula is C8H7BrClNO2. The first-order valence-corrected chi connectivity index (χ1v) is 4.72. The molecule has 0 aliphatic carbocycles. The molecule has 0 heterocycles. The van der Waals surface area contributed by atoms with Gasteiger partial charge in [-0.1, -0.05) is 11.6 Å². The molecule has 0 atom stereocenters. The zero-order valence-corrected chi connectivity index (χ0v) is 9.44. The summed E-state index contributed by atoms with van der Waals surface area (Å²) >= 11 is 9.01. The molecule has 0 bridgehead atoms. The highest BCUT2D eigenvalue weighted by Crippen LogP contribution is 2.35. The molecule has 1 rings (SSSR count). The Labute approximate surface area is 89.0 Å². The maximum atomic E-state index is 10.6. The number of hydrogen-bond donors (Lipinski definition) is 0. The molecule has 5 heteroatoms. The van der Waals surface area contributed by atoms with E-state index in [9.17, 15) is 10.1 Å². The Morgan fingerprint density at radius 3 is 2.54 bits per heavy atom. The van der Waals surface area contributed by atoms with Crippen LogP contribution in [0.4, 0.5) is 5.69 Å². The monoisotopic (exact) mass is 263 g/mol. The second-order valence-corrected chi connectivity index (χ2v) is 3.95. The summed E-state index contributed by atoms with van der Waals surface area (Å²) in [6, 6.07) is 1.65. The molecule has 0 N–H and O–H groups in total. The van der Waals surface area contributed by atoms with E-state index in [-0.39, 0.29) is 5.69 Å². The van der Waals surface area contributed by atoms with Gasteiger partial charge in [0.15, 0.2) is 0 Å². The van der Waals surface area contributed by atoms with E-state index in [0.29, 0.717) is 15.1 Å². The molecular weight excluding hydrogens is 257 g/mol. The fourth-order valence-electron chi connectivity index (χ4n) is 1.12. The van der Waals surface area contributed by atoms with Gasteiger partial charge < -0.3 is 0 Å². The third-order valence-electron chi connectivity index (χ3n) is 1.78. The zero-order valence-electron chi connectivity index (χ0n) is 7.10. The molecule has 0 saturated carbocycles. The fraction of sp³-hybridized carbons (Fsp3) is 0.250.